The highest BCUT2D eigenvalue weighted by Gasteiger charge is 2.28. The molecule has 0 saturated carbocycles. The minimum Gasteiger partial charge on any atom is -0.341 e. The number of amides is 2. The number of aryl methyl sites for hydroxylation is 1. The first-order valence-electron chi connectivity index (χ1n) is 9.89. The summed E-state index contributed by atoms with van der Waals surface area (Å²) in [4.78, 5) is 32.4. The summed E-state index contributed by atoms with van der Waals surface area (Å²) in [5.74, 6) is -0.313. The number of benzene rings is 2. The van der Waals surface area contributed by atoms with Crippen molar-refractivity contribution in [1.29, 1.82) is 0 Å². The number of hydrogen-bond donors (Lipinski definition) is 2. The summed E-state index contributed by atoms with van der Waals surface area (Å²) in [6.45, 7) is 3.37. The summed E-state index contributed by atoms with van der Waals surface area (Å²) < 4.78 is 0. The number of para-hydroxylation sites is 1. The van der Waals surface area contributed by atoms with Crippen molar-refractivity contribution in [2.24, 2.45) is 0 Å². The molecule has 1 aliphatic heterocycles. The molecule has 6 nitrogen and oxygen atoms in total. The van der Waals surface area contributed by atoms with Crippen molar-refractivity contribution < 1.29 is 9.59 Å². The fourth-order valence-corrected chi connectivity index (χ4v) is 3.75. The van der Waals surface area contributed by atoms with E-state index in [1.165, 1.54) is 0 Å². The zero-order chi connectivity index (χ0) is 20.2. The molecule has 2 N–H and O–H groups in total. The van der Waals surface area contributed by atoms with Crippen molar-refractivity contribution >= 4 is 22.7 Å². The lowest BCUT2D eigenvalue weighted by Gasteiger charge is -2.24. The van der Waals surface area contributed by atoms with Gasteiger partial charge in [0.15, 0.2) is 0 Å². The fraction of sp³-hybridized carbons (Fsp3) is 0.261. The molecular formula is C23H24N4O2. The molecule has 1 fully saturated rings. The topological polar surface area (TPSA) is 74.3 Å². The van der Waals surface area contributed by atoms with Crippen molar-refractivity contribution in [2.45, 2.75) is 25.8 Å². The summed E-state index contributed by atoms with van der Waals surface area (Å²) in [5, 5.41) is 0.777. The Labute approximate surface area is 169 Å². The normalized spacial score (nSPS) is 14.7. The van der Waals surface area contributed by atoms with Crippen molar-refractivity contribution in [3.8, 4) is 0 Å². The predicted octanol–water partition coefficient (Wildman–Crippen LogP) is 3.14. The Kier molecular flexibility index (Phi) is 5.53. The van der Waals surface area contributed by atoms with Gasteiger partial charge in [0, 0.05) is 24.2 Å². The molecular weight excluding hydrogens is 364 g/mol. The van der Waals surface area contributed by atoms with Gasteiger partial charge in [0.2, 0.25) is 5.91 Å². The smallest absolute Gasteiger partial charge is 0.266 e. The van der Waals surface area contributed by atoms with Gasteiger partial charge in [0.05, 0.1) is 11.1 Å². The Hall–Kier alpha value is -3.25. The highest BCUT2D eigenvalue weighted by Crippen LogP contribution is 2.20. The maximum absolute atomic E-state index is 13.1. The van der Waals surface area contributed by atoms with Crippen LogP contribution in [0.1, 0.15) is 40.5 Å². The van der Waals surface area contributed by atoms with Crippen LogP contribution in [-0.2, 0) is 4.79 Å². The first kappa shape index (κ1) is 19.1. The number of likely N-dealkylation sites (tertiary alicyclic amines) is 1. The van der Waals surface area contributed by atoms with Crippen LogP contribution in [0.25, 0.3) is 10.9 Å². The molecule has 1 unspecified atom stereocenters. The summed E-state index contributed by atoms with van der Waals surface area (Å²) in [5.41, 5.74) is 8.62. The molecule has 3 aromatic rings. The third-order valence-electron chi connectivity index (χ3n) is 5.22. The Bertz CT molecular complexity index is 1030. The molecule has 1 aliphatic rings. The number of rotatable bonds is 5. The third kappa shape index (κ3) is 4.12. The van der Waals surface area contributed by atoms with Crippen molar-refractivity contribution in [2.75, 3.05) is 13.1 Å². The molecule has 0 radical (unpaired) electrons. The van der Waals surface area contributed by atoms with Gasteiger partial charge in [0.1, 0.15) is 6.04 Å². The number of carbonyl (C=O) groups excluding carboxylic acids is 2. The quantitative estimate of drug-likeness (QED) is 0.659. The number of fused-ring (bicyclic) bond motifs is 1. The highest BCUT2D eigenvalue weighted by molar-refractivity contribution is 6.06. The van der Waals surface area contributed by atoms with Gasteiger partial charge >= 0.3 is 0 Å². The molecule has 2 heterocycles. The summed E-state index contributed by atoms with van der Waals surface area (Å²) >= 11 is 0. The van der Waals surface area contributed by atoms with Crippen LogP contribution in [0, 0.1) is 6.92 Å². The molecule has 0 bridgehead atoms. The number of carbonyl (C=O) groups is 2. The molecule has 2 aromatic carbocycles. The highest BCUT2D eigenvalue weighted by atomic mass is 16.2. The monoisotopic (exact) mass is 388 g/mol. The Balaban J connectivity index is 1.57. The molecule has 148 valence electrons. The van der Waals surface area contributed by atoms with E-state index < -0.39 is 6.04 Å². The summed E-state index contributed by atoms with van der Waals surface area (Å²) in [6.07, 6.45) is 2.03. The van der Waals surface area contributed by atoms with E-state index in [1.807, 2.05) is 66.4 Å². The molecule has 29 heavy (non-hydrogen) atoms. The van der Waals surface area contributed by atoms with Gasteiger partial charge < -0.3 is 4.90 Å². The van der Waals surface area contributed by atoms with Gasteiger partial charge in [-0.15, -0.1) is 0 Å². The number of aromatic nitrogens is 1. The maximum Gasteiger partial charge on any atom is 0.266 e. The standard InChI is InChI=1S/C23H24N4O2/c1-16-15-19(18-11-5-6-12-20(18)24-16)22(28)26-25-21(17-9-3-2-4-10-17)23(29)27-13-7-8-14-27/h2-6,9-12,15,21,25H,7-8,13-14H2,1H3,(H,26,28). The summed E-state index contributed by atoms with van der Waals surface area (Å²) in [7, 11) is 0. The van der Waals surface area contributed by atoms with E-state index in [2.05, 4.69) is 15.8 Å². The van der Waals surface area contributed by atoms with E-state index >= 15 is 0 Å². The van der Waals surface area contributed by atoms with Gasteiger partial charge in [-0.25, -0.2) is 5.43 Å². The Morgan fingerprint density at radius 2 is 1.69 bits per heavy atom. The van der Waals surface area contributed by atoms with Gasteiger partial charge in [-0.05, 0) is 37.5 Å². The van der Waals surface area contributed by atoms with Gasteiger partial charge in [-0.1, -0.05) is 48.5 Å². The lowest BCUT2D eigenvalue weighted by atomic mass is 10.1. The molecule has 6 heteroatoms. The van der Waals surface area contributed by atoms with Crippen molar-refractivity contribution in [3.05, 3.63) is 77.5 Å². The van der Waals surface area contributed by atoms with E-state index in [0.29, 0.717) is 5.56 Å². The first-order valence-corrected chi connectivity index (χ1v) is 9.89. The molecule has 4 rings (SSSR count). The van der Waals surface area contributed by atoms with Crippen LogP contribution in [0.2, 0.25) is 0 Å². The fourth-order valence-electron chi connectivity index (χ4n) is 3.75. The van der Waals surface area contributed by atoms with Crippen LogP contribution in [0.3, 0.4) is 0 Å². The van der Waals surface area contributed by atoms with E-state index in [-0.39, 0.29) is 11.8 Å². The predicted molar refractivity (Wildman–Crippen MR) is 112 cm³/mol. The zero-order valence-corrected chi connectivity index (χ0v) is 16.4. The van der Waals surface area contributed by atoms with Crippen LogP contribution < -0.4 is 10.9 Å². The number of hydrazine groups is 1. The van der Waals surface area contributed by atoms with Gasteiger partial charge in [0.25, 0.3) is 5.91 Å². The second kappa shape index (κ2) is 8.41. The molecule has 1 saturated heterocycles. The minimum atomic E-state index is -0.632. The number of nitrogens with zero attached hydrogens (tertiary/aromatic N) is 2. The van der Waals surface area contributed by atoms with E-state index in [1.54, 1.807) is 6.07 Å². The maximum atomic E-state index is 13.1. The van der Waals surface area contributed by atoms with E-state index in [4.69, 9.17) is 0 Å². The van der Waals surface area contributed by atoms with Crippen LogP contribution >= 0.6 is 0 Å². The van der Waals surface area contributed by atoms with Gasteiger partial charge in [-0.2, -0.15) is 0 Å². The average Bonchev–Trinajstić information content (AvgIpc) is 3.28. The second-order valence-electron chi connectivity index (χ2n) is 7.30. The number of nitrogens with one attached hydrogen (secondary N) is 2. The zero-order valence-electron chi connectivity index (χ0n) is 16.4. The molecule has 1 atom stereocenters. The molecule has 2 amide bonds. The minimum absolute atomic E-state index is 0.0234. The van der Waals surface area contributed by atoms with Gasteiger partial charge in [-0.3, -0.25) is 20.0 Å². The van der Waals surface area contributed by atoms with Crippen LogP contribution in [0.5, 0.6) is 0 Å². The molecule has 0 aliphatic carbocycles. The number of hydrogen-bond acceptors (Lipinski definition) is 4. The average molecular weight is 388 g/mol. The molecule has 0 spiro atoms. The van der Waals surface area contributed by atoms with Crippen LogP contribution in [0.4, 0.5) is 0 Å². The first-order chi connectivity index (χ1) is 14.1. The molecule has 1 aromatic heterocycles. The Morgan fingerprint density at radius 1 is 1.00 bits per heavy atom. The second-order valence-corrected chi connectivity index (χ2v) is 7.30. The van der Waals surface area contributed by atoms with Crippen molar-refractivity contribution in [1.82, 2.24) is 20.7 Å². The number of pyridine rings is 1. The lowest BCUT2D eigenvalue weighted by Crippen LogP contribution is -2.47. The Morgan fingerprint density at radius 3 is 2.45 bits per heavy atom. The third-order valence-corrected chi connectivity index (χ3v) is 5.22. The largest absolute Gasteiger partial charge is 0.341 e. The lowest BCUT2D eigenvalue weighted by molar-refractivity contribution is -0.132. The van der Waals surface area contributed by atoms with E-state index in [9.17, 15) is 9.59 Å². The van der Waals surface area contributed by atoms with E-state index in [0.717, 1.165) is 48.1 Å². The van der Waals surface area contributed by atoms with Crippen LogP contribution in [0.15, 0.2) is 60.7 Å². The van der Waals surface area contributed by atoms with Crippen LogP contribution in [-0.4, -0.2) is 34.8 Å². The summed E-state index contributed by atoms with van der Waals surface area (Å²) in [6, 6.07) is 18.1. The van der Waals surface area contributed by atoms with Crippen molar-refractivity contribution in [3.63, 3.8) is 0 Å². The SMILES string of the molecule is Cc1cc(C(=O)NNC(C(=O)N2CCCC2)c2ccccc2)c2ccccc2n1.